The topological polar surface area (TPSA) is 70.1 Å². The highest BCUT2D eigenvalue weighted by Gasteiger charge is 2.44. The summed E-state index contributed by atoms with van der Waals surface area (Å²) in [5, 5.41) is 4.09. The molecule has 0 saturated carbocycles. The van der Waals surface area contributed by atoms with Crippen molar-refractivity contribution in [1.82, 2.24) is 9.78 Å². The molecule has 0 bridgehead atoms. The van der Waals surface area contributed by atoms with E-state index in [-0.39, 0.29) is 17.0 Å². The first kappa shape index (κ1) is 22.3. The quantitative estimate of drug-likeness (QED) is 0.556. The van der Waals surface area contributed by atoms with Gasteiger partial charge in [-0.05, 0) is 29.8 Å². The van der Waals surface area contributed by atoms with Crippen LogP contribution >= 0.6 is 0 Å². The fourth-order valence-electron chi connectivity index (χ4n) is 2.89. The van der Waals surface area contributed by atoms with Crippen LogP contribution in [0.1, 0.15) is 22.2 Å². The molecule has 5 nitrogen and oxygen atoms in total. The first-order valence-electron chi connectivity index (χ1n) is 8.76. The second-order valence-electron chi connectivity index (χ2n) is 6.50. The lowest BCUT2D eigenvalue weighted by atomic mass is 10.0. The van der Waals surface area contributed by atoms with Crippen molar-refractivity contribution >= 4 is 5.91 Å². The van der Waals surface area contributed by atoms with Gasteiger partial charge in [-0.3, -0.25) is 4.79 Å². The highest BCUT2D eigenvalue weighted by molar-refractivity contribution is 5.92. The molecule has 0 fully saturated rings. The van der Waals surface area contributed by atoms with Gasteiger partial charge in [0.05, 0.1) is 11.4 Å². The number of primary amides is 1. The lowest BCUT2D eigenvalue weighted by Gasteiger charge is -2.22. The Kier molecular flexibility index (Phi) is 6.07. The fourth-order valence-corrected chi connectivity index (χ4v) is 2.89. The van der Waals surface area contributed by atoms with Gasteiger partial charge < -0.3 is 10.5 Å². The van der Waals surface area contributed by atoms with Crippen LogP contribution in [0, 0.1) is 0 Å². The standard InChI is InChI=1S/C20H15F6N3O2/c21-19(22,23)11-31-17(20(24,25)26)13-6-4-5-12(9-13)16-10-15(18(27)30)28-29(16)14-7-2-1-3-8-14/h1-10,17H,11H2,(H2,27,30). The summed E-state index contributed by atoms with van der Waals surface area (Å²) in [6, 6.07) is 14.4. The van der Waals surface area contributed by atoms with Crippen molar-refractivity contribution in [2.24, 2.45) is 5.73 Å². The number of halogens is 6. The van der Waals surface area contributed by atoms with Crippen molar-refractivity contribution in [2.75, 3.05) is 6.61 Å². The van der Waals surface area contributed by atoms with E-state index in [9.17, 15) is 31.1 Å². The van der Waals surface area contributed by atoms with E-state index in [1.165, 1.54) is 22.9 Å². The van der Waals surface area contributed by atoms with Gasteiger partial charge >= 0.3 is 12.4 Å². The Labute approximate surface area is 172 Å². The normalized spacial score (nSPS) is 13.2. The van der Waals surface area contributed by atoms with E-state index in [4.69, 9.17) is 5.73 Å². The monoisotopic (exact) mass is 443 g/mol. The van der Waals surface area contributed by atoms with Gasteiger partial charge in [-0.1, -0.05) is 36.4 Å². The molecule has 1 heterocycles. The lowest BCUT2D eigenvalue weighted by molar-refractivity contribution is -0.258. The first-order valence-corrected chi connectivity index (χ1v) is 8.76. The molecule has 0 radical (unpaired) electrons. The zero-order valence-corrected chi connectivity index (χ0v) is 15.6. The third-order valence-electron chi connectivity index (χ3n) is 4.16. The molecule has 1 atom stereocenters. The van der Waals surface area contributed by atoms with Crippen molar-refractivity contribution in [2.45, 2.75) is 18.5 Å². The minimum Gasteiger partial charge on any atom is -0.364 e. The third kappa shape index (κ3) is 5.43. The van der Waals surface area contributed by atoms with Gasteiger partial charge in [0.15, 0.2) is 11.8 Å². The van der Waals surface area contributed by atoms with Crippen LogP contribution in [0.25, 0.3) is 16.9 Å². The van der Waals surface area contributed by atoms with Crippen LogP contribution in [0.15, 0.2) is 60.7 Å². The number of para-hydroxylation sites is 1. The predicted molar refractivity (Wildman–Crippen MR) is 98.3 cm³/mol. The van der Waals surface area contributed by atoms with Crippen LogP contribution in [-0.2, 0) is 4.74 Å². The Hall–Kier alpha value is -3.34. The number of carbonyl (C=O) groups excluding carboxylic acids is 1. The van der Waals surface area contributed by atoms with Gasteiger partial charge in [-0.25, -0.2) is 4.68 Å². The van der Waals surface area contributed by atoms with Crippen LogP contribution in [0.5, 0.6) is 0 Å². The summed E-state index contributed by atoms with van der Waals surface area (Å²) in [5.74, 6) is -0.853. The molecule has 3 rings (SSSR count). The van der Waals surface area contributed by atoms with E-state index in [1.807, 2.05) is 0 Å². The molecular weight excluding hydrogens is 428 g/mol. The highest BCUT2D eigenvalue weighted by Crippen LogP contribution is 2.38. The zero-order chi connectivity index (χ0) is 22.8. The largest absolute Gasteiger partial charge is 0.418 e. The number of aromatic nitrogens is 2. The van der Waals surface area contributed by atoms with Crippen molar-refractivity contribution in [3.05, 3.63) is 71.9 Å². The molecule has 1 amide bonds. The van der Waals surface area contributed by atoms with E-state index in [2.05, 4.69) is 9.84 Å². The smallest absolute Gasteiger partial charge is 0.364 e. The minimum absolute atomic E-state index is 0.134. The summed E-state index contributed by atoms with van der Waals surface area (Å²) in [5.41, 5.74) is 5.50. The van der Waals surface area contributed by atoms with Crippen molar-refractivity contribution in [3.8, 4) is 16.9 Å². The zero-order valence-electron chi connectivity index (χ0n) is 15.6. The van der Waals surface area contributed by atoms with Gasteiger partial charge in [0.1, 0.15) is 6.61 Å². The summed E-state index contributed by atoms with van der Waals surface area (Å²) in [6.07, 6.45) is -12.8. The molecule has 0 saturated heterocycles. The molecule has 2 N–H and O–H groups in total. The maximum absolute atomic E-state index is 13.4. The minimum atomic E-state index is -5.08. The van der Waals surface area contributed by atoms with E-state index >= 15 is 0 Å². The molecular formula is C20H15F6N3O2. The summed E-state index contributed by atoms with van der Waals surface area (Å²) >= 11 is 0. The third-order valence-corrected chi connectivity index (χ3v) is 4.16. The predicted octanol–water partition coefficient (Wildman–Crippen LogP) is 4.82. The molecule has 11 heteroatoms. The molecule has 0 aliphatic rings. The van der Waals surface area contributed by atoms with Crippen LogP contribution in [0.4, 0.5) is 26.3 Å². The van der Waals surface area contributed by atoms with Crippen LogP contribution in [0.3, 0.4) is 0 Å². The number of amides is 1. The second-order valence-corrected chi connectivity index (χ2v) is 6.50. The Morgan fingerprint density at radius 1 is 1.00 bits per heavy atom. The Balaban J connectivity index is 2.07. The second kappa shape index (κ2) is 8.42. The van der Waals surface area contributed by atoms with Gasteiger partial charge in [0.25, 0.3) is 5.91 Å². The number of alkyl halides is 6. The fraction of sp³-hybridized carbons (Fsp3) is 0.200. The van der Waals surface area contributed by atoms with Crippen molar-refractivity contribution < 1.29 is 35.9 Å². The maximum Gasteiger partial charge on any atom is 0.418 e. The van der Waals surface area contributed by atoms with Crippen LogP contribution < -0.4 is 5.73 Å². The van der Waals surface area contributed by atoms with Crippen LogP contribution in [0.2, 0.25) is 0 Å². The summed E-state index contributed by atoms with van der Waals surface area (Å²) in [6.45, 7) is -2.06. The Bertz CT molecular complexity index is 1060. The van der Waals surface area contributed by atoms with E-state index < -0.39 is 36.5 Å². The number of ether oxygens (including phenoxy) is 1. The van der Waals surface area contributed by atoms with E-state index in [1.54, 1.807) is 30.3 Å². The molecule has 0 aliphatic carbocycles. The first-order chi connectivity index (χ1) is 14.5. The van der Waals surface area contributed by atoms with Gasteiger partial charge in [0, 0.05) is 5.56 Å². The number of benzene rings is 2. The number of nitrogens with zero attached hydrogens (tertiary/aromatic N) is 2. The van der Waals surface area contributed by atoms with Crippen molar-refractivity contribution in [1.29, 1.82) is 0 Å². The lowest BCUT2D eigenvalue weighted by Crippen LogP contribution is -2.28. The van der Waals surface area contributed by atoms with Crippen LogP contribution in [-0.4, -0.2) is 34.6 Å². The summed E-state index contributed by atoms with van der Waals surface area (Å²) in [4.78, 5) is 11.6. The molecule has 31 heavy (non-hydrogen) atoms. The summed E-state index contributed by atoms with van der Waals surface area (Å²) in [7, 11) is 0. The number of hydrogen-bond donors (Lipinski definition) is 1. The van der Waals surface area contributed by atoms with Gasteiger partial charge in [-0.15, -0.1) is 0 Å². The Morgan fingerprint density at radius 2 is 1.68 bits per heavy atom. The molecule has 2 aromatic carbocycles. The van der Waals surface area contributed by atoms with Crippen molar-refractivity contribution in [3.63, 3.8) is 0 Å². The molecule has 164 valence electrons. The molecule has 3 aromatic rings. The Morgan fingerprint density at radius 3 is 2.26 bits per heavy atom. The molecule has 1 unspecified atom stereocenters. The van der Waals surface area contributed by atoms with Gasteiger partial charge in [-0.2, -0.15) is 31.4 Å². The molecule has 0 spiro atoms. The van der Waals surface area contributed by atoms with Gasteiger partial charge in [0.2, 0.25) is 0 Å². The number of rotatable bonds is 6. The SMILES string of the molecule is NC(=O)c1cc(-c2cccc(C(OCC(F)(F)F)C(F)(F)F)c2)n(-c2ccccc2)n1. The number of carbonyl (C=O) groups is 1. The highest BCUT2D eigenvalue weighted by atomic mass is 19.4. The number of hydrogen-bond acceptors (Lipinski definition) is 3. The molecule has 0 aliphatic heterocycles. The molecule has 1 aromatic heterocycles. The van der Waals surface area contributed by atoms with E-state index in [0.29, 0.717) is 5.69 Å². The average Bonchev–Trinajstić information content (AvgIpc) is 3.13. The number of nitrogens with two attached hydrogens (primary N) is 1. The maximum atomic E-state index is 13.4. The average molecular weight is 443 g/mol. The summed E-state index contributed by atoms with van der Waals surface area (Å²) < 4.78 is 83.0. The van der Waals surface area contributed by atoms with E-state index in [0.717, 1.165) is 12.1 Å².